The Morgan fingerprint density at radius 1 is 1.42 bits per heavy atom. The van der Waals surface area contributed by atoms with Gasteiger partial charge in [-0.15, -0.1) is 11.3 Å². The molecule has 4 nitrogen and oxygen atoms in total. The third-order valence-electron chi connectivity index (χ3n) is 2.85. The maximum Gasteiger partial charge on any atom is 0.0982 e. The Morgan fingerprint density at radius 3 is 2.79 bits per heavy atom. The van der Waals surface area contributed by atoms with Crippen molar-refractivity contribution in [3.05, 3.63) is 34.5 Å². The first-order valence-corrected chi connectivity index (χ1v) is 7.49. The van der Waals surface area contributed by atoms with Gasteiger partial charge in [0.2, 0.25) is 0 Å². The van der Waals surface area contributed by atoms with Gasteiger partial charge < -0.3 is 5.32 Å². The van der Waals surface area contributed by atoms with Gasteiger partial charge in [0, 0.05) is 35.8 Å². The normalized spacial score (nSPS) is 13.7. The summed E-state index contributed by atoms with van der Waals surface area (Å²) in [4.78, 5) is 4.68. The van der Waals surface area contributed by atoms with Gasteiger partial charge in [-0.25, -0.2) is 4.98 Å². The zero-order valence-electron chi connectivity index (χ0n) is 12.1. The summed E-state index contributed by atoms with van der Waals surface area (Å²) >= 11 is 1.74. The second-order valence-corrected chi connectivity index (χ2v) is 6.76. The molecule has 2 aromatic heterocycles. The van der Waals surface area contributed by atoms with Crippen molar-refractivity contribution < 1.29 is 0 Å². The Morgan fingerprint density at radius 2 is 2.21 bits per heavy atom. The van der Waals surface area contributed by atoms with Crippen LogP contribution in [0.2, 0.25) is 0 Å². The van der Waals surface area contributed by atoms with Crippen LogP contribution >= 0.6 is 11.3 Å². The molecule has 0 aromatic carbocycles. The molecule has 0 radical (unpaired) electrons. The molecule has 2 aromatic rings. The Bertz CT molecular complexity index is 496. The third-order valence-corrected chi connectivity index (χ3v) is 4.16. The Kier molecular flexibility index (Phi) is 4.37. The highest BCUT2D eigenvalue weighted by Crippen LogP contribution is 2.25. The fraction of sp³-hybridized carbons (Fsp3) is 0.571. The average Bonchev–Trinajstić information content (AvgIpc) is 2.95. The lowest BCUT2D eigenvalue weighted by atomic mass is 9.98. The van der Waals surface area contributed by atoms with Crippen molar-refractivity contribution >= 4 is 11.3 Å². The van der Waals surface area contributed by atoms with Gasteiger partial charge in [0.15, 0.2) is 0 Å². The van der Waals surface area contributed by atoms with Crippen LogP contribution in [0.25, 0.3) is 0 Å². The highest BCUT2D eigenvalue weighted by Gasteiger charge is 2.17. The summed E-state index contributed by atoms with van der Waals surface area (Å²) < 4.78 is 1.94. The van der Waals surface area contributed by atoms with Crippen LogP contribution in [0.15, 0.2) is 23.8 Å². The standard InChI is InChI=1S/C14H22N4S/c1-11(9-18-7-5-6-16-18)15-8-12-10-19-13(17-12)14(2,3)4/h5-7,10-11,15H,8-9H2,1-4H3. The van der Waals surface area contributed by atoms with E-state index in [1.54, 1.807) is 11.3 Å². The Hall–Kier alpha value is -1.20. The maximum absolute atomic E-state index is 4.68. The first-order chi connectivity index (χ1) is 8.95. The zero-order chi connectivity index (χ0) is 13.9. The smallest absolute Gasteiger partial charge is 0.0982 e. The van der Waals surface area contributed by atoms with E-state index >= 15 is 0 Å². The van der Waals surface area contributed by atoms with Gasteiger partial charge in [-0.3, -0.25) is 4.68 Å². The lowest BCUT2D eigenvalue weighted by Crippen LogP contribution is -2.30. The van der Waals surface area contributed by atoms with E-state index in [2.05, 4.69) is 48.5 Å². The van der Waals surface area contributed by atoms with Crippen LogP contribution in [-0.4, -0.2) is 20.8 Å². The van der Waals surface area contributed by atoms with Crippen molar-refractivity contribution in [2.75, 3.05) is 0 Å². The SMILES string of the molecule is CC(Cn1cccn1)NCc1csc(C(C)(C)C)n1. The van der Waals surface area contributed by atoms with E-state index in [-0.39, 0.29) is 5.41 Å². The molecular weight excluding hydrogens is 256 g/mol. The number of hydrogen-bond donors (Lipinski definition) is 1. The van der Waals surface area contributed by atoms with Gasteiger partial charge in [-0.2, -0.15) is 5.10 Å². The van der Waals surface area contributed by atoms with E-state index in [0.29, 0.717) is 6.04 Å². The molecule has 0 aliphatic heterocycles. The summed E-state index contributed by atoms with van der Waals surface area (Å²) in [6, 6.07) is 2.32. The third kappa shape index (κ3) is 4.14. The minimum Gasteiger partial charge on any atom is -0.307 e. The van der Waals surface area contributed by atoms with Gasteiger partial charge in [0.1, 0.15) is 0 Å². The Balaban J connectivity index is 1.83. The monoisotopic (exact) mass is 278 g/mol. The van der Waals surface area contributed by atoms with Crippen LogP contribution < -0.4 is 5.32 Å². The summed E-state index contributed by atoms with van der Waals surface area (Å²) in [6.07, 6.45) is 3.79. The molecule has 1 atom stereocenters. The summed E-state index contributed by atoms with van der Waals surface area (Å²) in [5.41, 5.74) is 1.27. The average molecular weight is 278 g/mol. The molecule has 104 valence electrons. The number of nitrogens with one attached hydrogen (secondary N) is 1. The predicted molar refractivity (Wildman–Crippen MR) is 79.3 cm³/mol. The number of aromatic nitrogens is 3. The summed E-state index contributed by atoms with van der Waals surface area (Å²) in [5.74, 6) is 0. The van der Waals surface area contributed by atoms with Crippen molar-refractivity contribution in [3.63, 3.8) is 0 Å². The number of nitrogens with zero attached hydrogens (tertiary/aromatic N) is 3. The molecule has 0 saturated carbocycles. The fourth-order valence-corrected chi connectivity index (χ4v) is 2.67. The number of thiazole rings is 1. The van der Waals surface area contributed by atoms with Gasteiger partial charge in [0.05, 0.1) is 17.2 Å². The summed E-state index contributed by atoms with van der Waals surface area (Å²) in [5, 5.41) is 11.0. The highest BCUT2D eigenvalue weighted by atomic mass is 32.1. The van der Waals surface area contributed by atoms with Gasteiger partial charge in [-0.05, 0) is 13.0 Å². The van der Waals surface area contributed by atoms with Crippen LogP contribution in [0, 0.1) is 0 Å². The minimum atomic E-state index is 0.142. The molecule has 2 heterocycles. The van der Waals surface area contributed by atoms with Gasteiger partial charge in [0.25, 0.3) is 0 Å². The quantitative estimate of drug-likeness (QED) is 0.914. The van der Waals surface area contributed by atoms with E-state index in [4.69, 9.17) is 0 Å². The van der Waals surface area contributed by atoms with Crippen molar-refractivity contribution in [1.82, 2.24) is 20.1 Å². The maximum atomic E-state index is 4.68. The molecule has 0 bridgehead atoms. The molecular formula is C14H22N4S. The summed E-state index contributed by atoms with van der Waals surface area (Å²) in [7, 11) is 0. The van der Waals surface area contributed by atoms with Crippen LogP contribution in [-0.2, 0) is 18.5 Å². The van der Waals surface area contributed by atoms with Gasteiger partial charge in [-0.1, -0.05) is 20.8 Å². The molecule has 0 amide bonds. The molecule has 5 heteroatoms. The van der Waals surface area contributed by atoms with Crippen LogP contribution in [0.3, 0.4) is 0 Å². The van der Waals surface area contributed by atoms with Crippen LogP contribution in [0.4, 0.5) is 0 Å². The molecule has 0 fully saturated rings. The largest absolute Gasteiger partial charge is 0.307 e. The van der Waals surface area contributed by atoms with Gasteiger partial charge >= 0.3 is 0 Å². The molecule has 0 saturated heterocycles. The van der Waals surface area contributed by atoms with E-state index in [1.165, 1.54) is 5.01 Å². The van der Waals surface area contributed by atoms with Crippen LogP contribution in [0.5, 0.6) is 0 Å². The predicted octanol–water partition coefficient (Wildman–Crippen LogP) is 2.82. The van der Waals surface area contributed by atoms with E-state index < -0.39 is 0 Å². The van der Waals surface area contributed by atoms with Crippen molar-refractivity contribution in [1.29, 1.82) is 0 Å². The molecule has 0 aliphatic carbocycles. The first kappa shape index (κ1) is 14.2. The van der Waals surface area contributed by atoms with Crippen molar-refractivity contribution in [2.24, 2.45) is 0 Å². The van der Waals surface area contributed by atoms with E-state index in [1.807, 2.05) is 23.1 Å². The zero-order valence-corrected chi connectivity index (χ0v) is 12.9. The second kappa shape index (κ2) is 5.84. The fourth-order valence-electron chi connectivity index (χ4n) is 1.77. The molecule has 0 spiro atoms. The topological polar surface area (TPSA) is 42.7 Å². The van der Waals surface area contributed by atoms with Crippen molar-refractivity contribution in [3.8, 4) is 0 Å². The Labute approximate surface area is 118 Å². The molecule has 19 heavy (non-hydrogen) atoms. The lowest BCUT2D eigenvalue weighted by Gasteiger charge is -2.14. The highest BCUT2D eigenvalue weighted by molar-refractivity contribution is 7.09. The molecule has 1 N–H and O–H groups in total. The summed E-state index contributed by atoms with van der Waals surface area (Å²) in [6.45, 7) is 10.5. The lowest BCUT2D eigenvalue weighted by molar-refractivity contribution is 0.448. The minimum absolute atomic E-state index is 0.142. The molecule has 2 rings (SSSR count). The second-order valence-electron chi connectivity index (χ2n) is 5.90. The first-order valence-electron chi connectivity index (χ1n) is 6.61. The van der Waals surface area contributed by atoms with Crippen LogP contribution in [0.1, 0.15) is 38.4 Å². The van der Waals surface area contributed by atoms with E-state index in [9.17, 15) is 0 Å². The molecule has 0 aliphatic rings. The number of rotatable bonds is 5. The number of hydrogen-bond acceptors (Lipinski definition) is 4. The van der Waals surface area contributed by atoms with E-state index in [0.717, 1.165) is 18.8 Å². The van der Waals surface area contributed by atoms with Crippen molar-refractivity contribution in [2.45, 2.75) is 52.2 Å². The molecule has 1 unspecified atom stereocenters.